The maximum Gasteiger partial charge on any atom is 0.0935 e. The number of fused-ring (bicyclic) bond motifs is 1. The molecule has 3 aromatic rings. The standard InChI is InChI=1S/C17H18N4/c1-12-4-2-5-13(10-12)11-16(21-18)14-6-3-7-15-17(14)20-9-8-19-15/h2-10,16,21H,11,18H2,1H3. The van der Waals surface area contributed by atoms with Crippen LogP contribution in [0.25, 0.3) is 11.0 Å². The van der Waals surface area contributed by atoms with E-state index < -0.39 is 0 Å². The van der Waals surface area contributed by atoms with Crippen molar-refractivity contribution in [3.63, 3.8) is 0 Å². The Kier molecular flexibility index (Phi) is 3.90. The summed E-state index contributed by atoms with van der Waals surface area (Å²) in [5.74, 6) is 5.78. The fraction of sp³-hybridized carbons (Fsp3) is 0.176. The third-order valence-corrected chi connectivity index (χ3v) is 3.63. The molecule has 3 N–H and O–H groups in total. The molecule has 0 aliphatic carbocycles. The van der Waals surface area contributed by atoms with Crippen LogP contribution in [-0.2, 0) is 6.42 Å². The molecule has 0 spiro atoms. The average molecular weight is 278 g/mol. The lowest BCUT2D eigenvalue weighted by atomic mass is 9.97. The normalized spacial score (nSPS) is 12.5. The smallest absolute Gasteiger partial charge is 0.0935 e. The molecule has 0 fully saturated rings. The lowest BCUT2D eigenvalue weighted by Gasteiger charge is -2.18. The van der Waals surface area contributed by atoms with Crippen molar-refractivity contribution in [1.29, 1.82) is 0 Å². The summed E-state index contributed by atoms with van der Waals surface area (Å²) in [5.41, 5.74) is 8.27. The van der Waals surface area contributed by atoms with Crippen LogP contribution >= 0.6 is 0 Å². The number of hydrogen-bond acceptors (Lipinski definition) is 4. The van der Waals surface area contributed by atoms with Gasteiger partial charge in [-0.3, -0.25) is 21.2 Å². The summed E-state index contributed by atoms with van der Waals surface area (Å²) in [4.78, 5) is 8.80. The number of hydrazine groups is 1. The number of nitrogens with zero attached hydrogens (tertiary/aromatic N) is 2. The van der Waals surface area contributed by atoms with E-state index in [-0.39, 0.29) is 6.04 Å². The molecule has 0 aliphatic heterocycles. The summed E-state index contributed by atoms with van der Waals surface area (Å²) >= 11 is 0. The fourth-order valence-corrected chi connectivity index (χ4v) is 2.63. The van der Waals surface area contributed by atoms with Gasteiger partial charge in [0.25, 0.3) is 0 Å². The van der Waals surface area contributed by atoms with Gasteiger partial charge >= 0.3 is 0 Å². The number of aryl methyl sites for hydroxylation is 1. The molecule has 0 radical (unpaired) electrons. The van der Waals surface area contributed by atoms with Crippen molar-refractivity contribution >= 4 is 11.0 Å². The quantitative estimate of drug-likeness (QED) is 0.569. The SMILES string of the molecule is Cc1cccc(CC(NN)c2cccc3nccnc23)c1. The molecule has 0 saturated carbocycles. The van der Waals surface area contributed by atoms with Crippen LogP contribution in [0.4, 0.5) is 0 Å². The summed E-state index contributed by atoms with van der Waals surface area (Å²) in [6, 6.07) is 14.5. The molecule has 0 aliphatic rings. The monoisotopic (exact) mass is 278 g/mol. The van der Waals surface area contributed by atoms with E-state index in [1.165, 1.54) is 11.1 Å². The molecule has 0 saturated heterocycles. The second-order valence-corrected chi connectivity index (χ2v) is 5.18. The Labute approximate surface area is 124 Å². The Bertz CT molecular complexity index is 749. The fourth-order valence-electron chi connectivity index (χ4n) is 2.63. The summed E-state index contributed by atoms with van der Waals surface area (Å²) < 4.78 is 0. The van der Waals surface area contributed by atoms with E-state index in [0.717, 1.165) is 23.0 Å². The second-order valence-electron chi connectivity index (χ2n) is 5.18. The molecule has 21 heavy (non-hydrogen) atoms. The van der Waals surface area contributed by atoms with Gasteiger partial charge < -0.3 is 0 Å². The highest BCUT2D eigenvalue weighted by Gasteiger charge is 2.14. The van der Waals surface area contributed by atoms with E-state index in [9.17, 15) is 0 Å². The molecule has 3 rings (SSSR count). The van der Waals surface area contributed by atoms with Crippen LogP contribution in [-0.4, -0.2) is 9.97 Å². The van der Waals surface area contributed by atoms with E-state index in [2.05, 4.69) is 52.6 Å². The second kappa shape index (κ2) is 5.99. The van der Waals surface area contributed by atoms with E-state index >= 15 is 0 Å². The van der Waals surface area contributed by atoms with Gasteiger partial charge in [0, 0.05) is 12.4 Å². The Balaban J connectivity index is 1.98. The molecule has 106 valence electrons. The van der Waals surface area contributed by atoms with E-state index in [1.807, 2.05) is 12.1 Å². The minimum atomic E-state index is 0.00667. The number of benzene rings is 2. The maximum atomic E-state index is 5.78. The van der Waals surface area contributed by atoms with Gasteiger partial charge in [-0.2, -0.15) is 0 Å². The van der Waals surface area contributed by atoms with Crippen LogP contribution in [0.5, 0.6) is 0 Å². The third kappa shape index (κ3) is 2.91. The first kappa shape index (κ1) is 13.7. The summed E-state index contributed by atoms with van der Waals surface area (Å²) in [6.45, 7) is 2.10. The minimum absolute atomic E-state index is 0.00667. The minimum Gasteiger partial charge on any atom is -0.271 e. The Morgan fingerprint density at radius 1 is 1.10 bits per heavy atom. The lowest BCUT2D eigenvalue weighted by Crippen LogP contribution is -2.29. The first-order valence-electron chi connectivity index (χ1n) is 6.99. The highest BCUT2D eigenvalue weighted by atomic mass is 15.2. The van der Waals surface area contributed by atoms with Gasteiger partial charge in [0.05, 0.1) is 17.1 Å². The predicted molar refractivity (Wildman–Crippen MR) is 84.5 cm³/mol. The van der Waals surface area contributed by atoms with Crippen molar-refractivity contribution in [3.8, 4) is 0 Å². The van der Waals surface area contributed by atoms with Crippen LogP contribution in [0.1, 0.15) is 22.7 Å². The van der Waals surface area contributed by atoms with Crippen molar-refractivity contribution < 1.29 is 0 Å². The van der Waals surface area contributed by atoms with Crippen molar-refractivity contribution in [2.45, 2.75) is 19.4 Å². The molecule has 1 aromatic heterocycles. The highest BCUT2D eigenvalue weighted by molar-refractivity contribution is 5.78. The molecule has 1 heterocycles. The van der Waals surface area contributed by atoms with E-state index in [4.69, 9.17) is 5.84 Å². The van der Waals surface area contributed by atoms with E-state index in [0.29, 0.717) is 0 Å². The molecule has 1 atom stereocenters. The van der Waals surface area contributed by atoms with Gasteiger partial charge in [-0.25, -0.2) is 0 Å². The number of para-hydroxylation sites is 1. The van der Waals surface area contributed by atoms with Gasteiger partial charge in [0.2, 0.25) is 0 Å². The number of nitrogens with two attached hydrogens (primary N) is 1. The Hall–Kier alpha value is -2.30. The zero-order chi connectivity index (χ0) is 14.7. The summed E-state index contributed by atoms with van der Waals surface area (Å²) in [6.07, 6.45) is 4.23. The number of rotatable bonds is 4. The Morgan fingerprint density at radius 3 is 2.71 bits per heavy atom. The van der Waals surface area contributed by atoms with Crippen LogP contribution in [0, 0.1) is 6.92 Å². The third-order valence-electron chi connectivity index (χ3n) is 3.63. The molecule has 4 heteroatoms. The van der Waals surface area contributed by atoms with Gasteiger partial charge in [-0.1, -0.05) is 42.0 Å². The van der Waals surface area contributed by atoms with Crippen LogP contribution in [0.3, 0.4) is 0 Å². The number of aromatic nitrogens is 2. The molecular weight excluding hydrogens is 260 g/mol. The first-order chi connectivity index (χ1) is 10.3. The van der Waals surface area contributed by atoms with Crippen molar-refractivity contribution in [2.75, 3.05) is 0 Å². The largest absolute Gasteiger partial charge is 0.271 e. The molecule has 1 unspecified atom stereocenters. The molecule has 4 nitrogen and oxygen atoms in total. The predicted octanol–water partition coefficient (Wildman–Crippen LogP) is 2.69. The average Bonchev–Trinajstić information content (AvgIpc) is 2.52. The van der Waals surface area contributed by atoms with Crippen LogP contribution in [0.15, 0.2) is 54.9 Å². The van der Waals surface area contributed by atoms with Crippen LogP contribution < -0.4 is 11.3 Å². The van der Waals surface area contributed by atoms with Gasteiger partial charge in [-0.15, -0.1) is 0 Å². The van der Waals surface area contributed by atoms with Crippen molar-refractivity contribution in [3.05, 3.63) is 71.5 Å². The zero-order valence-electron chi connectivity index (χ0n) is 12.0. The molecular formula is C17H18N4. The van der Waals surface area contributed by atoms with Crippen molar-refractivity contribution in [2.24, 2.45) is 5.84 Å². The summed E-state index contributed by atoms with van der Waals surface area (Å²) in [7, 11) is 0. The van der Waals surface area contributed by atoms with Gasteiger partial charge in [0.1, 0.15) is 0 Å². The molecule has 0 amide bonds. The number of nitrogens with one attached hydrogen (secondary N) is 1. The number of hydrogen-bond donors (Lipinski definition) is 2. The van der Waals surface area contributed by atoms with E-state index in [1.54, 1.807) is 12.4 Å². The van der Waals surface area contributed by atoms with Gasteiger partial charge in [0.15, 0.2) is 0 Å². The topological polar surface area (TPSA) is 63.8 Å². The lowest BCUT2D eigenvalue weighted by molar-refractivity contribution is 0.554. The molecule has 0 bridgehead atoms. The summed E-state index contributed by atoms with van der Waals surface area (Å²) in [5, 5.41) is 0. The maximum absolute atomic E-state index is 5.78. The first-order valence-corrected chi connectivity index (χ1v) is 6.99. The van der Waals surface area contributed by atoms with Crippen LogP contribution in [0.2, 0.25) is 0 Å². The Morgan fingerprint density at radius 2 is 1.90 bits per heavy atom. The van der Waals surface area contributed by atoms with Crippen molar-refractivity contribution in [1.82, 2.24) is 15.4 Å². The highest BCUT2D eigenvalue weighted by Crippen LogP contribution is 2.24. The zero-order valence-corrected chi connectivity index (χ0v) is 12.0. The molecule has 2 aromatic carbocycles. The van der Waals surface area contributed by atoms with Gasteiger partial charge in [-0.05, 0) is 30.5 Å².